The van der Waals surface area contributed by atoms with Gasteiger partial charge in [0, 0.05) is 31.5 Å². The molecule has 2 aliphatic rings. The molecule has 0 spiro atoms. The van der Waals surface area contributed by atoms with Gasteiger partial charge in [0.2, 0.25) is 0 Å². The van der Waals surface area contributed by atoms with Crippen molar-refractivity contribution in [2.24, 2.45) is 5.92 Å². The zero-order valence-electron chi connectivity index (χ0n) is 16.3. The van der Waals surface area contributed by atoms with E-state index in [0.29, 0.717) is 18.9 Å². The van der Waals surface area contributed by atoms with Crippen LogP contribution >= 0.6 is 0 Å². The van der Waals surface area contributed by atoms with Gasteiger partial charge in [0.05, 0.1) is 11.7 Å². The molecule has 1 amide bonds. The number of ether oxygens (including phenoxy) is 1. The number of benzene rings is 1. The van der Waals surface area contributed by atoms with Crippen LogP contribution in [0.3, 0.4) is 0 Å². The Morgan fingerprint density at radius 3 is 2.72 bits per heavy atom. The number of rotatable bonds is 5. The van der Waals surface area contributed by atoms with Crippen LogP contribution in [-0.2, 0) is 11.3 Å². The van der Waals surface area contributed by atoms with E-state index in [1.54, 1.807) is 4.90 Å². The Morgan fingerprint density at radius 1 is 1.14 bits per heavy atom. The van der Waals surface area contributed by atoms with Gasteiger partial charge >= 0.3 is 6.09 Å². The molecule has 0 unspecified atom stereocenters. The fourth-order valence-electron chi connectivity index (χ4n) is 4.19. The average molecular weight is 391 g/mol. The molecular formula is C23H25N3O3. The molecule has 6 heteroatoms. The third kappa shape index (κ3) is 3.72. The first kappa shape index (κ1) is 18.2. The summed E-state index contributed by atoms with van der Waals surface area (Å²) in [6, 6.07) is 13.7. The molecule has 150 valence electrons. The Balaban J connectivity index is 1.36. The number of carbonyl (C=O) groups excluding carboxylic acids is 1. The number of aromatic nitrogens is 2. The minimum atomic E-state index is -0.356. The maximum atomic E-state index is 12.8. The molecule has 2 atom stereocenters. The van der Waals surface area contributed by atoms with Gasteiger partial charge in [-0.05, 0) is 42.4 Å². The number of aliphatic hydroxyl groups excluding tert-OH is 1. The lowest BCUT2D eigenvalue weighted by Gasteiger charge is -2.22. The molecule has 1 saturated carbocycles. The summed E-state index contributed by atoms with van der Waals surface area (Å²) in [7, 11) is 0. The smallest absolute Gasteiger partial charge is 0.410 e. The van der Waals surface area contributed by atoms with Crippen molar-refractivity contribution in [1.82, 2.24) is 14.3 Å². The lowest BCUT2D eigenvalue weighted by atomic mass is 10.1. The minimum absolute atomic E-state index is 0.0381. The zero-order chi connectivity index (χ0) is 19.8. The van der Waals surface area contributed by atoms with Crippen LogP contribution in [0, 0.1) is 5.92 Å². The van der Waals surface area contributed by atoms with Gasteiger partial charge in [0.25, 0.3) is 0 Å². The molecule has 1 aliphatic heterocycles. The van der Waals surface area contributed by atoms with Crippen LogP contribution in [0.1, 0.15) is 48.0 Å². The Labute approximate surface area is 169 Å². The molecule has 29 heavy (non-hydrogen) atoms. The van der Waals surface area contributed by atoms with E-state index in [1.807, 2.05) is 42.6 Å². The summed E-state index contributed by atoms with van der Waals surface area (Å²) in [5, 5.41) is 9.68. The Morgan fingerprint density at radius 2 is 1.97 bits per heavy atom. The Bertz CT molecular complexity index is 1010. The maximum absolute atomic E-state index is 12.8. The number of aliphatic hydroxyl groups is 1. The number of imidazole rings is 1. The van der Waals surface area contributed by atoms with E-state index in [2.05, 4.69) is 16.7 Å². The highest BCUT2D eigenvalue weighted by molar-refractivity contribution is 5.69. The van der Waals surface area contributed by atoms with Crippen LogP contribution in [0.2, 0.25) is 0 Å². The number of amides is 1. The fraction of sp³-hybridized carbons (Fsp3) is 0.391. The number of likely N-dealkylation sites (tertiary alicyclic amines) is 1. The van der Waals surface area contributed by atoms with Crippen LogP contribution < -0.4 is 0 Å². The maximum Gasteiger partial charge on any atom is 0.410 e. The van der Waals surface area contributed by atoms with Crippen molar-refractivity contribution in [1.29, 1.82) is 0 Å². The molecular weight excluding hydrogens is 366 g/mol. The summed E-state index contributed by atoms with van der Waals surface area (Å²) >= 11 is 0. The van der Waals surface area contributed by atoms with Gasteiger partial charge in [-0.2, -0.15) is 0 Å². The van der Waals surface area contributed by atoms with E-state index in [4.69, 9.17) is 9.72 Å². The van der Waals surface area contributed by atoms with E-state index in [0.717, 1.165) is 16.9 Å². The molecule has 1 saturated heterocycles. The SMILES string of the molecule is O=C(OCc1ccccc1)N1C[C@@H](CO)C[C@@H]1c1cn2cc(C3CC3)ccc2n1. The number of hydrogen-bond donors (Lipinski definition) is 1. The van der Waals surface area contributed by atoms with Crippen LogP contribution in [0.15, 0.2) is 54.9 Å². The second-order valence-corrected chi connectivity index (χ2v) is 8.16. The topological polar surface area (TPSA) is 67.1 Å². The summed E-state index contributed by atoms with van der Waals surface area (Å²) in [5.41, 5.74) is 4.04. The van der Waals surface area contributed by atoms with Crippen LogP contribution in [-0.4, -0.2) is 38.6 Å². The lowest BCUT2D eigenvalue weighted by molar-refractivity contribution is 0.0899. The monoisotopic (exact) mass is 391 g/mol. The molecule has 2 aromatic heterocycles. The van der Waals surface area contributed by atoms with Gasteiger partial charge in [0.1, 0.15) is 12.3 Å². The van der Waals surface area contributed by atoms with Crippen molar-refractivity contribution in [2.75, 3.05) is 13.2 Å². The van der Waals surface area contributed by atoms with E-state index in [-0.39, 0.29) is 31.3 Å². The van der Waals surface area contributed by atoms with Crippen molar-refractivity contribution in [3.8, 4) is 0 Å². The predicted octanol–water partition coefficient (Wildman–Crippen LogP) is 3.90. The highest BCUT2D eigenvalue weighted by Crippen LogP contribution is 2.40. The van der Waals surface area contributed by atoms with Gasteiger partial charge in [-0.3, -0.25) is 4.90 Å². The standard InChI is InChI=1S/C23H25N3O3/c27-14-17-10-21(26(11-17)23(28)29-15-16-4-2-1-3-5-16)20-13-25-12-19(18-6-7-18)8-9-22(25)24-20/h1-5,8-9,12-13,17-18,21,27H,6-7,10-11,14-15H2/t17-,21+/m0/s1. The summed E-state index contributed by atoms with van der Waals surface area (Å²) in [6.45, 7) is 0.775. The Kier molecular flexibility index (Phi) is 4.72. The largest absolute Gasteiger partial charge is 0.445 e. The number of hydrogen-bond acceptors (Lipinski definition) is 4. The average Bonchev–Trinajstić information content (AvgIpc) is 3.37. The number of carbonyl (C=O) groups is 1. The van der Waals surface area contributed by atoms with E-state index >= 15 is 0 Å². The molecule has 1 aliphatic carbocycles. The summed E-state index contributed by atoms with van der Waals surface area (Å²) < 4.78 is 7.62. The van der Waals surface area contributed by atoms with Crippen molar-refractivity contribution < 1.29 is 14.6 Å². The molecule has 1 N–H and O–H groups in total. The van der Waals surface area contributed by atoms with Crippen LogP contribution in [0.25, 0.3) is 5.65 Å². The summed E-state index contributed by atoms with van der Waals surface area (Å²) in [4.78, 5) is 19.3. The van der Waals surface area contributed by atoms with E-state index in [9.17, 15) is 9.90 Å². The first-order valence-electron chi connectivity index (χ1n) is 10.3. The number of nitrogens with zero attached hydrogens (tertiary/aromatic N) is 3. The van der Waals surface area contributed by atoms with Gasteiger partial charge < -0.3 is 14.2 Å². The normalized spacial score (nSPS) is 21.6. The first-order valence-corrected chi connectivity index (χ1v) is 10.3. The van der Waals surface area contributed by atoms with E-state index in [1.165, 1.54) is 18.4 Å². The van der Waals surface area contributed by atoms with Gasteiger partial charge in [-0.15, -0.1) is 0 Å². The highest BCUT2D eigenvalue weighted by atomic mass is 16.6. The zero-order valence-corrected chi connectivity index (χ0v) is 16.3. The third-order valence-electron chi connectivity index (χ3n) is 5.97. The Hall–Kier alpha value is -2.86. The van der Waals surface area contributed by atoms with Crippen molar-refractivity contribution in [3.63, 3.8) is 0 Å². The molecule has 3 aromatic rings. The van der Waals surface area contributed by atoms with Gasteiger partial charge in [-0.25, -0.2) is 9.78 Å². The molecule has 0 radical (unpaired) electrons. The molecule has 2 fully saturated rings. The second-order valence-electron chi connectivity index (χ2n) is 8.16. The summed E-state index contributed by atoms with van der Waals surface area (Å²) in [5.74, 6) is 0.719. The highest BCUT2D eigenvalue weighted by Gasteiger charge is 2.38. The van der Waals surface area contributed by atoms with Crippen LogP contribution in [0.4, 0.5) is 4.79 Å². The predicted molar refractivity (Wildman–Crippen MR) is 108 cm³/mol. The summed E-state index contributed by atoms with van der Waals surface area (Å²) in [6.07, 6.45) is 7.02. The van der Waals surface area contributed by atoms with Gasteiger partial charge in [0.15, 0.2) is 0 Å². The second kappa shape index (κ2) is 7.52. The van der Waals surface area contributed by atoms with Gasteiger partial charge in [-0.1, -0.05) is 36.4 Å². The third-order valence-corrected chi connectivity index (χ3v) is 5.97. The van der Waals surface area contributed by atoms with Crippen molar-refractivity contribution in [2.45, 2.75) is 37.8 Å². The quantitative estimate of drug-likeness (QED) is 0.716. The molecule has 6 nitrogen and oxygen atoms in total. The van der Waals surface area contributed by atoms with Crippen molar-refractivity contribution in [3.05, 3.63) is 71.7 Å². The number of fused-ring (bicyclic) bond motifs is 1. The number of pyridine rings is 1. The fourth-order valence-corrected chi connectivity index (χ4v) is 4.19. The molecule has 5 rings (SSSR count). The van der Waals surface area contributed by atoms with E-state index < -0.39 is 0 Å². The van der Waals surface area contributed by atoms with Crippen molar-refractivity contribution >= 4 is 11.7 Å². The molecule has 1 aromatic carbocycles. The molecule has 3 heterocycles. The minimum Gasteiger partial charge on any atom is -0.445 e. The lowest BCUT2D eigenvalue weighted by Crippen LogP contribution is -2.32. The molecule has 0 bridgehead atoms. The van der Waals surface area contributed by atoms with Crippen LogP contribution in [0.5, 0.6) is 0 Å². The first-order chi connectivity index (χ1) is 14.2.